The first-order chi connectivity index (χ1) is 5.41. The molecule has 0 heterocycles. The molecule has 6 N–H and O–H groups in total. The summed E-state index contributed by atoms with van der Waals surface area (Å²) < 4.78 is 37.0. The van der Waals surface area contributed by atoms with Crippen LogP contribution < -0.4 is 0 Å². The molecule has 0 aliphatic rings. The Hall–Kier alpha value is 0.0800. The normalized spacial score (nSPS) is 10.5. The van der Waals surface area contributed by atoms with Crippen LogP contribution in [0.25, 0.3) is 0 Å². The number of rotatable bonds is 0. The molecule has 0 atom stereocenters. The van der Waals surface area contributed by atoms with Gasteiger partial charge in [0.05, 0.1) is 0 Å². The van der Waals surface area contributed by atoms with Crippen molar-refractivity contribution in [2.45, 2.75) is 0 Å². The third-order valence-corrected chi connectivity index (χ3v) is 0. The van der Waals surface area contributed by atoms with Gasteiger partial charge in [-0.15, -0.1) is 0 Å². The molecule has 0 unspecified atom stereocenters. The number of halogens is 2. The highest BCUT2D eigenvalue weighted by Crippen LogP contribution is 2.26. The number of hydrogen-bond acceptors (Lipinski definition) is 2. The first-order valence-corrected chi connectivity index (χ1v) is 5.23. The van der Waals surface area contributed by atoms with Crippen molar-refractivity contribution in [2.75, 3.05) is 6.93 Å². The molecule has 0 fully saturated rings. The van der Waals surface area contributed by atoms with Gasteiger partial charge in [-0.3, -0.25) is 0 Å². The molecule has 0 bridgehead atoms. The maximum atomic E-state index is 9.62. The van der Waals surface area contributed by atoms with Gasteiger partial charge in [0.2, 0.25) is 6.93 Å². The highest BCUT2D eigenvalue weighted by Gasteiger charge is 2.00. The summed E-state index contributed by atoms with van der Waals surface area (Å²) in [6.07, 6.45) is 0. The second-order valence-electron chi connectivity index (χ2n) is 1.13. The van der Waals surface area contributed by atoms with Gasteiger partial charge in [0.1, 0.15) is 0 Å². The van der Waals surface area contributed by atoms with Gasteiger partial charge in [-0.1, -0.05) is 0 Å². The lowest BCUT2D eigenvalue weighted by molar-refractivity contribution is 0.272. The van der Waals surface area contributed by atoms with Crippen molar-refractivity contribution in [3.05, 3.63) is 0 Å². The summed E-state index contributed by atoms with van der Waals surface area (Å²) in [5.41, 5.74) is 0. The summed E-state index contributed by atoms with van der Waals surface area (Å²) in [5, 5.41) is 0. The quantitative estimate of drug-likeness (QED) is 0.299. The van der Waals surface area contributed by atoms with Crippen molar-refractivity contribution in [1.82, 2.24) is 0 Å². The summed E-state index contributed by atoms with van der Waals surface area (Å²) >= 11 is 0. The Kier molecular flexibility index (Phi) is 12.5. The van der Waals surface area contributed by atoms with Crippen LogP contribution >= 0.6 is 15.6 Å². The molecule has 0 spiro atoms. The van der Waals surface area contributed by atoms with Gasteiger partial charge in [-0.25, -0.2) is 17.9 Å². The maximum Gasteiger partial charge on any atom is 0.466 e. The number of hydrogen-bond donors (Lipinski definition) is 6. The highest BCUT2D eigenvalue weighted by atomic mass is 31.2. The molecule has 0 saturated heterocycles. The molecule has 13 heavy (non-hydrogen) atoms. The van der Waals surface area contributed by atoms with Crippen molar-refractivity contribution in [3.63, 3.8) is 0 Å². The number of phosphoric acid groups is 2. The first-order valence-electron chi connectivity index (χ1n) is 2.10. The highest BCUT2D eigenvalue weighted by molar-refractivity contribution is 7.45. The van der Waals surface area contributed by atoms with Crippen LogP contribution in [0.2, 0.25) is 0 Å². The number of alkyl halides is 2. The fraction of sp³-hybridized carbons (Fsp3) is 1.00. The molecule has 8 nitrogen and oxygen atoms in total. The Morgan fingerprint density at radius 1 is 0.769 bits per heavy atom. The molecule has 0 rings (SSSR count). The lowest BCUT2D eigenvalue weighted by atomic mass is 11.7. The summed E-state index contributed by atoms with van der Waals surface area (Å²) in [6, 6.07) is 0. The van der Waals surface area contributed by atoms with Crippen LogP contribution in [0.5, 0.6) is 0 Å². The fourth-order valence-corrected chi connectivity index (χ4v) is 0. The molecule has 12 heteroatoms. The van der Waals surface area contributed by atoms with E-state index in [1.165, 1.54) is 0 Å². The van der Waals surface area contributed by atoms with Crippen LogP contribution in [0.4, 0.5) is 8.78 Å². The van der Waals surface area contributed by atoms with E-state index in [0.717, 1.165) is 0 Å². The van der Waals surface area contributed by atoms with Gasteiger partial charge in [0.25, 0.3) is 0 Å². The predicted molar refractivity (Wildman–Crippen MR) is 35.6 cm³/mol. The van der Waals surface area contributed by atoms with Gasteiger partial charge in [0, 0.05) is 0 Å². The van der Waals surface area contributed by atoms with Gasteiger partial charge in [-0.2, -0.15) is 0 Å². The van der Waals surface area contributed by atoms with Crippen LogP contribution in [0.15, 0.2) is 0 Å². The molecule has 0 aliphatic heterocycles. The smallest absolute Gasteiger partial charge is 0.303 e. The minimum Gasteiger partial charge on any atom is -0.303 e. The average molecular weight is 248 g/mol. The molecule has 0 aromatic carbocycles. The summed E-state index contributed by atoms with van der Waals surface area (Å²) in [7, 11) is -9.28. The summed E-state index contributed by atoms with van der Waals surface area (Å²) in [5.74, 6) is 0. The average Bonchev–Trinajstić information content (AvgIpc) is 1.52. The maximum absolute atomic E-state index is 9.62. The molecule has 0 aromatic heterocycles. The van der Waals surface area contributed by atoms with E-state index in [-0.39, 0.29) is 0 Å². The van der Waals surface area contributed by atoms with Crippen LogP contribution in [-0.4, -0.2) is 36.3 Å². The second-order valence-corrected chi connectivity index (χ2v) is 3.18. The van der Waals surface area contributed by atoms with Gasteiger partial charge >= 0.3 is 15.6 Å². The summed E-state index contributed by atoms with van der Waals surface area (Å²) in [6.45, 7) is -1.75. The Labute approximate surface area is 70.9 Å². The molecule has 0 aromatic rings. The topological polar surface area (TPSA) is 156 Å². The minimum atomic E-state index is -4.64. The zero-order valence-electron chi connectivity index (χ0n) is 5.86. The minimum absolute atomic E-state index is 1.75. The lowest BCUT2D eigenvalue weighted by Gasteiger charge is -1.82. The van der Waals surface area contributed by atoms with E-state index >= 15 is 0 Å². The van der Waals surface area contributed by atoms with Crippen molar-refractivity contribution in [2.24, 2.45) is 0 Å². The van der Waals surface area contributed by atoms with E-state index in [9.17, 15) is 8.78 Å². The van der Waals surface area contributed by atoms with Crippen LogP contribution in [0, 0.1) is 0 Å². The monoisotopic (exact) mass is 248 g/mol. The van der Waals surface area contributed by atoms with E-state index in [2.05, 4.69) is 0 Å². The van der Waals surface area contributed by atoms with Crippen molar-refractivity contribution >= 4 is 15.6 Å². The van der Waals surface area contributed by atoms with Gasteiger partial charge < -0.3 is 29.4 Å². The van der Waals surface area contributed by atoms with Crippen LogP contribution in [-0.2, 0) is 9.13 Å². The molecule has 0 saturated carbocycles. The third kappa shape index (κ3) is 192000. The van der Waals surface area contributed by atoms with Crippen LogP contribution in [0.3, 0.4) is 0 Å². The predicted octanol–water partition coefficient (Wildman–Crippen LogP) is -0.974. The standard InChI is InChI=1S/CH2F2.2H3O4P/c2-1-3;2*1-5(2,3)4/h1H2;2*(H3,1,2,3,4). The first kappa shape index (κ1) is 18.8. The Balaban J connectivity index is -0.000000120. The van der Waals surface area contributed by atoms with E-state index < -0.39 is 22.6 Å². The molecule has 0 amide bonds. The molecular formula is CH8F2O8P2. The van der Waals surface area contributed by atoms with Crippen LogP contribution in [0.1, 0.15) is 0 Å². The lowest BCUT2D eigenvalue weighted by Crippen LogP contribution is -1.66. The molecule has 84 valence electrons. The van der Waals surface area contributed by atoms with E-state index in [1.54, 1.807) is 0 Å². The molecule has 0 aliphatic carbocycles. The van der Waals surface area contributed by atoms with Crippen molar-refractivity contribution < 1.29 is 47.3 Å². The van der Waals surface area contributed by atoms with Crippen molar-refractivity contribution in [1.29, 1.82) is 0 Å². The molecular weight excluding hydrogens is 240 g/mol. The van der Waals surface area contributed by atoms with Gasteiger partial charge in [-0.05, 0) is 0 Å². The Morgan fingerprint density at radius 3 is 0.769 bits per heavy atom. The van der Waals surface area contributed by atoms with E-state index in [4.69, 9.17) is 38.5 Å². The zero-order chi connectivity index (χ0) is 11.7. The Bertz CT molecular complexity index is 144. The third-order valence-electron chi connectivity index (χ3n) is 0. The summed E-state index contributed by atoms with van der Waals surface area (Å²) in [4.78, 5) is 43.1. The Morgan fingerprint density at radius 2 is 0.769 bits per heavy atom. The fourth-order valence-electron chi connectivity index (χ4n) is 0. The molecule has 0 radical (unpaired) electrons. The zero-order valence-corrected chi connectivity index (χ0v) is 7.65. The second kappa shape index (κ2) is 8.67. The van der Waals surface area contributed by atoms with E-state index in [1.807, 2.05) is 0 Å². The largest absolute Gasteiger partial charge is 0.466 e. The SMILES string of the molecule is FCF.O=P(O)(O)O.O=P(O)(O)O. The van der Waals surface area contributed by atoms with Gasteiger partial charge in [0.15, 0.2) is 0 Å². The van der Waals surface area contributed by atoms with E-state index in [0.29, 0.717) is 0 Å². The van der Waals surface area contributed by atoms with Crippen molar-refractivity contribution in [3.8, 4) is 0 Å².